The van der Waals surface area contributed by atoms with E-state index < -0.39 is 8.32 Å². The molecule has 0 rings (SSSR count). The lowest BCUT2D eigenvalue weighted by Gasteiger charge is -2.41. The van der Waals surface area contributed by atoms with Crippen LogP contribution in [0.2, 0.25) is 19.6 Å². The zero-order valence-electron chi connectivity index (χ0n) is 12.4. The van der Waals surface area contributed by atoms with Gasteiger partial charge >= 0.3 is 5.97 Å². The molecule has 0 saturated carbocycles. The minimum absolute atomic E-state index is 0.144. The molecule has 1 unspecified atom stereocenters. The van der Waals surface area contributed by atoms with Crippen molar-refractivity contribution in [3.63, 3.8) is 0 Å². The van der Waals surface area contributed by atoms with Gasteiger partial charge < -0.3 is 9.16 Å². The van der Waals surface area contributed by atoms with Crippen LogP contribution in [-0.2, 0) is 14.0 Å². The van der Waals surface area contributed by atoms with E-state index >= 15 is 0 Å². The summed E-state index contributed by atoms with van der Waals surface area (Å²) in [5, 5.41) is 0. The van der Waals surface area contributed by atoms with Crippen LogP contribution >= 0.6 is 0 Å². The highest BCUT2D eigenvalue weighted by atomic mass is 28.4. The third kappa shape index (κ3) is 4.80. The summed E-state index contributed by atoms with van der Waals surface area (Å²) in [5.74, 6) is -0.348. The van der Waals surface area contributed by atoms with Gasteiger partial charge in [0.25, 0.3) is 0 Å². The predicted molar refractivity (Wildman–Crippen MR) is 73.5 cm³/mol. The monoisotopic (exact) mass is 260 g/mol. The molecule has 0 fully saturated rings. The van der Waals surface area contributed by atoms with E-state index in [0.29, 0.717) is 6.61 Å². The second kappa shape index (κ2) is 6.54. The normalized spacial score (nSPS) is 14.5. The van der Waals surface area contributed by atoms with Gasteiger partial charge in [-0.15, -0.1) is 0 Å². The summed E-state index contributed by atoms with van der Waals surface area (Å²) < 4.78 is 11.4. The first kappa shape index (κ1) is 16.6. The van der Waals surface area contributed by atoms with E-state index in [1.165, 1.54) is 0 Å². The minimum atomic E-state index is -1.67. The summed E-state index contributed by atoms with van der Waals surface area (Å²) in [4.78, 5) is 11.9. The number of esters is 1. The average Bonchev–Trinajstić information content (AvgIpc) is 2.24. The van der Waals surface area contributed by atoms with E-state index in [-0.39, 0.29) is 17.5 Å². The van der Waals surface area contributed by atoms with Crippen molar-refractivity contribution in [2.75, 3.05) is 6.61 Å². The second-order valence-electron chi connectivity index (χ2n) is 5.46. The van der Waals surface area contributed by atoms with Gasteiger partial charge in [-0.25, -0.2) is 0 Å². The van der Waals surface area contributed by atoms with E-state index in [2.05, 4.69) is 33.5 Å². The lowest BCUT2D eigenvalue weighted by atomic mass is 9.84. The predicted octanol–water partition coefficient (Wildman–Crippen LogP) is 3.60. The van der Waals surface area contributed by atoms with Gasteiger partial charge in [-0.1, -0.05) is 13.8 Å². The van der Waals surface area contributed by atoms with E-state index in [1.807, 2.05) is 13.8 Å². The summed E-state index contributed by atoms with van der Waals surface area (Å²) in [6, 6.07) is 0. The van der Waals surface area contributed by atoms with Crippen molar-refractivity contribution in [1.29, 1.82) is 0 Å². The van der Waals surface area contributed by atoms with Gasteiger partial charge in [-0.2, -0.15) is 0 Å². The Morgan fingerprint density at radius 3 is 1.94 bits per heavy atom. The summed E-state index contributed by atoms with van der Waals surface area (Å²) in [6.07, 6.45) is 1.68. The van der Waals surface area contributed by atoms with Crippen LogP contribution in [0.5, 0.6) is 0 Å². The molecule has 0 saturated heterocycles. The van der Waals surface area contributed by atoms with Gasteiger partial charge in [0.1, 0.15) is 0 Å². The second-order valence-corrected chi connectivity index (χ2v) is 9.89. The standard InChI is InChI=1S/C13H28O3Si/c1-8-13(9-2,16-17(5,6)7)11(4)12(14)15-10-3/h11H,8-10H2,1-7H3. The highest BCUT2D eigenvalue weighted by Gasteiger charge is 2.42. The molecule has 0 radical (unpaired) electrons. The third-order valence-electron chi connectivity index (χ3n) is 3.14. The van der Waals surface area contributed by atoms with Crippen LogP contribution in [0.3, 0.4) is 0 Å². The van der Waals surface area contributed by atoms with Crippen molar-refractivity contribution >= 4 is 14.3 Å². The van der Waals surface area contributed by atoms with E-state index in [0.717, 1.165) is 12.8 Å². The lowest BCUT2D eigenvalue weighted by molar-refractivity contribution is -0.156. The van der Waals surface area contributed by atoms with Gasteiger partial charge in [-0.3, -0.25) is 4.79 Å². The van der Waals surface area contributed by atoms with Crippen molar-refractivity contribution in [3.05, 3.63) is 0 Å². The third-order valence-corrected chi connectivity index (χ3v) is 4.15. The van der Waals surface area contributed by atoms with E-state index in [4.69, 9.17) is 9.16 Å². The average molecular weight is 260 g/mol. The Bertz CT molecular complexity index is 242. The van der Waals surface area contributed by atoms with Crippen LogP contribution in [0.15, 0.2) is 0 Å². The highest BCUT2D eigenvalue weighted by molar-refractivity contribution is 6.69. The summed E-state index contributed by atoms with van der Waals surface area (Å²) in [7, 11) is -1.67. The lowest BCUT2D eigenvalue weighted by Crippen LogP contribution is -2.49. The maximum atomic E-state index is 11.9. The summed E-state index contributed by atoms with van der Waals surface area (Å²) in [6.45, 7) is 14.8. The molecule has 0 spiro atoms. The highest BCUT2D eigenvalue weighted by Crippen LogP contribution is 2.33. The fourth-order valence-electron chi connectivity index (χ4n) is 2.19. The van der Waals surface area contributed by atoms with Gasteiger partial charge in [0.2, 0.25) is 0 Å². The molecule has 0 aromatic carbocycles. The molecule has 4 heteroatoms. The Labute approximate surface area is 107 Å². The Kier molecular flexibility index (Phi) is 6.41. The van der Waals surface area contributed by atoms with Gasteiger partial charge in [0.15, 0.2) is 8.32 Å². The maximum absolute atomic E-state index is 11.9. The van der Waals surface area contributed by atoms with Crippen LogP contribution in [-0.4, -0.2) is 26.5 Å². The van der Waals surface area contributed by atoms with E-state index in [9.17, 15) is 4.79 Å². The SMILES string of the molecule is CCOC(=O)C(C)C(CC)(CC)O[Si](C)(C)C. The number of carbonyl (C=O) groups is 1. The van der Waals surface area contributed by atoms with Gasteiger partial charge in [0, 0.05) is 0 Å². The van der Waals surface area contributed by atoms with Crippen molar-refractivity contribution < 1.29 is 14.0 Å². The van der Waals surface area contributed by atoms with Gasteiger partial charge in [0.05, 0.1) is 18.1 Å². The number of hydrogen-bond donors (Lipinski definition) is 0. The van der Waals surface area contributed by atoms with Crippen LogP contribution in [0, 0.1) is 5.92 Å². The molecule has 0 aliphatic rings. The smallest absolute Gasteiger partial charge is 0.311 e. The molecular formula is C13H28O3Si. The molecule has 102 valence electrons. The maximum Gasteiger partial charge on any atom is 0.311 e. The summed E-state index contributed by atoms with van der Waals surface area (Å²) >= 11 is 0. The van der Waals surface area contributed by atoms with Crippen LogP contribution in [0.25, 0.3) is 0 Å². The van der Waals surface area contributed by atoms with Crippen molar-refractivity contribution in [2.24, 2.45) is 5.92 Å². The quantitative estimate of drug-likeness (QED) is 0.518. The molecular weight excluding hydrogens is 232 g/mol. The molecule has 0 bridgehead atoms. The molecule has 17 heavy (non-hydrogen) atoms. The Balaban J connectivity index is 4.98. The minimum Gasteiger partial charge on any atom is -0.466 e. The van der Waals surface area contributed by atoms with Crippen molar-refractivity contribution in [1.82, 2.24) is 0 Å². The first-order chi connectivity index (χ1) is 7.72. The van der Waals surface area contributed by atoms with Crippen molar-refractivity contribution in [3.8, 4) is 0 Å². The zero-order chi connectivity index (χ0) is 13.7. The first-order valence-corrected chi connectivity index (χ1v) is 10.00. The number of ether oxygens (including phenoxy) is 1. The molecule has 3 nitrogen and oxygen atoms in total. The van der Waals surface area contributed by atoms with Crippen LogP contribution in [0.1, 0.15) is 40.5 Å². The zero-order valence-corrected chi connectivity index (χ0v) is 13.4. The molecule has 0 heterocycles. The number of hydrogen-bond acceptors (Lipinski definition) is 3. The fraction of sp³-hybridized carbons (Fsp3) is 0.923. The van der Waals surface area contributed by atoms with Crippen LogP contribution in [0.4, 0.5) is 0 Å². The number of rotatable bonds is 7. The molecule has 0 aliphatic carbocycles. The molecule has 0 amide bonds. The van der Waals surface area contributed by atoms with Gasteiger partial charge in [-0.05, 0) is 46.3 Å². The Morgan fingerprint density at radius 1 is 1.18 bits per heavy atom. The molecule has 0 aromatic rings. The Morgan fingerprint density at radius 2 is 1.65 bits per heavy atom. The Hall–Kier alpha value is -0.353. The van der Waals surface area contributed by atoms with Crippen LogP contribution < -0.4 is 0 Å². The first-order valence-electron chi connectivity index (χ1n) is 6.59. The number of carbonyl (C=O) groups excluding carboxylic acids is 1. The molecule has 0 aliphatic heterocycles. The fourth-order valence-corrected chi connectivity index (χ4v) is 3.87. The molecule has 0 aromatic heterocycles. The summed E-state index contributed by atoms with van der Waals surface area (Å²) in [5.41, 5.74) is -0.364. The molecule has 1 atom stereocenters. The van der Waals surface area contributed by atoms with E-state index in [1.54, 1.807) is 0 Å². The topological polar surface area (TPSA) is 35.5 Å². The largest absolute Gasteiger partial charge is 0.466 e. The molecule has 0 N–H and O–H groups in total. The van der Waals surface area contributed by atoms with Crippen molar-refractivity contribution in [2.45, 2.75) is 65.8 Å².